The van der Waals surface area contributed by atoms with Crippen molar-refractivity contribution >= 4 is 34.9 Å². The lowest BCUT2D eigenvalue weighted by Gasteiger charge is -2.00. The lowest BCUT2D eigenvalue weighted by atomic mass is 10.2. The van der Waals surface area contributed by atoms with Crippen LogP contribution in [0.4, 0.5) is 17.1 Å². The number of hydrogen-bond donors (Lipinski definition) is 0. The molecule has 2 rings (SSSR count). The van der Waals surface area contributed by atoms with Gasteiger partial charge in [0, 0.05) is 24.4 Å². The average Bonchev–Trinajstić information content (AvgIpc) is 2.47. The summed E-state index contributed by atoms with van der Waals surface area (Å²) in [6.45, 7) is 1.76. The molecule has 0 N–H and O–H groups in total. The van der Waals surface area contributed by atoms with Crippen LogP contribution >= 0.6 is 11.6 Å². The van der Waals surface area contributed by atoms with Gasteiger partial charge in [-0.05, 0) is 24.1 Å². The van der Waals surface area contributed by atoms with Crippen molar-refractivity contribution in [3.05, 3.63) is 72.8 Å². The number of aryl methyl sites for hydroxylation is 1. The van der Waals surface area contributed by atoms with Crippen molar-refractivity contribution in [2.45, 2.75) is 6.92 Å². The van der Waals surface area contributed by atoms with Gasteiger partial charge < -0.3 is 0 Å². The van der Waals surface area contributed by atoms with Crippen molar-refractivity contribution in [3.63, 3.8) is 0 Å². The van der Waals surface area contributed by atoms with E-state index in [4.69, 9.17) is 11.6 Å². The van der Waals surface area contributed by atoms with Gasteiger partial charge in [-0.3, -0.25) is 25.2 Å². The first kappa shape index (κ1) is 15.6. The van der Waals surface area contributed by atoms with Crippen molar-refractivity contribution in [3.8, 4) is 0 Å². The fourth-order valence-electron chi connectivity index (χ4n) is 1.74. The van der Waals surface area contributed by atoms with E-state index in [1.807, 2.05) is 0 Å². The normalized spacial score (nSPS) is 10.8. The summed E-state index contributed by atoms with van der Waals surface area (Å²) in [5, 5.41) is 21.6. The van der Waals surface area contributed by atoms with E-state index in [0.29, 0.717) is 11.3 Å². The maximum absolute atomic E-state index is 10.8. The van der Waals surface area contributed by atoms with Gasteiger partial charge in [0.1, 0.15) is 5.02 Å². The van der Waals surface area contributed by atoms with E-state index >= 15 is 0 Å². The third kappa shape index (κ3) is 3.44. The fourth-order valence-corrected chi connectivity index (χ4v) is 1.93. The molecule has 7 nitrogen and oxygen atoms in total. The number of benzene rings is 2. The minimum atomic E-state index is -0.585. The topological polar surface area (TPSA) is 98.6 Å². The second-order valence-electron chi connectivity index (χ2n) is 4.45. The Kier molecular flexibility index (Phi) is 4.47. The first-order valence-corrected chi connectivity index (χ1v) is 6.49. The Morgan fingerprint density at radius 2 is 1.82 bits per heavy atom. The van der Waals surface area contributed by atoms with E-state index in [-0.39, 0.29) is 16.4 Å². The average molecular weight is 320 g/mol. The molecule has 0 saturated heterocycles. The molecule has 0 aromatic heterocycles. The predicted molar refractivity (Wildman–Crippen MR) is 83.2 cm³/mol. The zero-order chi connectivity index (χ0) is 16.3. The third-order valence-corrected chi connectivity index (χ3v) is 3.24. The number of nitro benzene ring substituents is 2. The molecule has 0 spiro atoms. The van der Waals surface area contributed by atoms with Gasteiger partial charge in [0.2, 0.25) is 0 Å². The Labute approximate surface area is 130 Å². The zero-order valence-corrected chi connectivity index (χ0v) is 12.1. The van der Waals surface area contributed by atoms with Crippen molar-refractivity contribution in [1.82, 2.24) is 0 Å². The second kappa shape index (κ2) is 6.31. The van der Waals surface area contributed by atoms with Crippen LogP contribution in [0, 0.1) is 27.2 Å². The Balaban J connectivity index is 2.36. The van der Waals surface area contributed by atoms with E-state index in [0.717, 1.165) is 5.56 Å². The van der Waals surface area contributed by atoms with Crippen LogP contribution in [0.3, 0.4) is 0 Å². The van der Waals surface area contributed by atoms with Gasteiger partial charge in [-0.15, -0.1) is 0 Å². The number of aliphatic imine (C=N–C) groups is 1. The smallest absolute Gasteiger partial charge is 0.258 e. The number of rotatable bonds is 4. The van der Waals surface area contributed by atoms with Crippen molar-refractivity contribution in [2.75, 3.05) is 0 Å². The van der Waals surface area contributed by atoms with Crippen LogP contribution in [0.2, 0.25) is 5.02 Å². The molecule has 0 aliphatic carbocycles. The zero-order valence-electron chi connectivity index (χ0n) is 11.4. The molecule has 0 fully saturated rings. The summed E-state index contributed by atoms with van der Waals surface area (Å²) in [4.78, 5) is 24.6. The minimum Gasteiger partial charge on any atom is -0.258 e. The molecule has 0 saturated carbocycles. The number of nitro groups is 2. The van der Waals surface area contributed by atoms with E-state index in [9.17, 15) is 20.2 Å². The number of hydrogen-bond acceptors (Lipinski definition) is 5. The van der Waals surface area contributed by atoms with Crippen molar-refractivity contribution in [2.24, 2.45) is 4.99 Å². The largest absolute Gasteiger partial charge is 0.288 e. The molecule has 0 heterocycles. The molecule has 0 bridgehead atoms. The third-order valence-electron chi connectivity index (χ3n) is 2.92. The maximum atomic E-state index is 10.8. The minimum absolute atomic E-state index is 0.0358. The Morgan fingerprint density at radius 1 is 1.09 bits per heavy atom. The van der Waals surface area contributed by atoms with Gasteiger partial charge in [0.05, 0.1) is 15.5 Å². The fraction of sp³-hybridized carbons (Fsp3) is 0.0714. The summed E-state index contributed by atoms with van der Waals surface area (Å²) in [6.07, 6.45) is 1.40. The highest BCUT2D eigenvalue weighted by Crippen LogP contribution is 2.26. The van der Waals surface area contributed by atoms with Gasteiger partial charge in [-0.25, -0.2) is 0 Å². The summed E-state index contributed by atoms with van der Waals surface area (Å²) in [5.41, 5.74) is 1.36. The molecule has 8 heteroatoms. The van der Waals surface area contributed by atoms with Crippen molar-refractivity contribution < 1.29 is 9.85 Å². The van der Waals surface area contributed by atoms with Crippen LogP contribution in [-0.4, -0.2) is 16.1 Å². The number of non-ortho nitro benzene ring substituents is 1. The van der Waals surface area contributed by atoms with Crippen LogP contribution < -0.4 is 0 Å². The van der Waals surface area contributed by atoms with Crippen LogP contribution in [0.25, 0.3) is 0 Å². The summed E-state index contributed by atoms with van der Waals surface area (Å²) in [5.74, 6) is 0. The van der Waals surface area contributed by atoms with E-state index in [2.05, 4.69) is 4.99 Å². The molecular formula is C14H10ClN3O4. The molecule has 2 aromatic rings. The quantitative estimate of drug-likeness (QED) is 0.478. The van der Waals surface area contributed by atoms with E-state index < -0.39 is 9.85 Å². The summed E-state index contributed by atoms with van der Waals surface area (Å²) >= 11 is 5.73. The molecular weight excluding hydrogens is 310 g/mol. The Morgan fingerprint density at radius 3 is 2.45 bits per heavy atom. The molecule has 2 aromatic carbocycles. The highest BCUT2D eigenvalue weighted by Gasteiger charge is 2.12. The molecule has 0 aliphatic heterocycles. The molecule has 0 unspecified atom stereocenters. The van der Waals surface area contributed by atoms with Gasteiger partial charge >= 0.3 is 0 Å². The van der Waals surface area contributed by atoms with Gasteiger partial charge in [0.25, 0.3) is 11.4 Å². The first-order valence-electron chi connectivity index (χ1n) is 6.11. The predicted octanol–water partition coefficient (Wildman–Crippen LogP) is 4.22. The van der Waals surface area contributed by atoms with E-state index in [1.165, 1.54) is 30.5 Å². The monoisotopic (exact) mass is 319 g/mol. The molecule has 0 atom stereocenters. The van der Waals surface area contributed by atoms with Crippen LogP contribution in [0.15, 0.2) is 41.4 Å². The molecule has 22 heavy (non-hydrogen) atoms. The van der Waals surface area contributed by atoms with Gasteiger partial charge in [0.15, 0.2) is 0 Å². The number of nitrogens with zero attached hydrogens (tertiary/aromatic N) is 3. The van der Waals surface area contributed by atoms with Gasteiger partial charge in [-0.1, -0.05) is 23.7 Å². The van der Waals surface area contributed by atoms with Gasteiger partial charge in [-0.2, -0.15) is 0 Å². The Bertz CT molecular complexity index is 790. The molecule has 112 valence electrons. The summed E-state index contributed by atoms with van der Waals surface area (Å²) in [6, 6.07) is 8.60. The lowest BCUT2D eigenvalue weighted by molar-refractivity contribution is -0.384. The van der Waals surface area contributed by atoms with E-state index in [1.54, 1.807) is 19.1 Å². The summed E-state index contributed by atoms with van der Waals surface area (Å²) < 4.78 is 0. The standard InChI is InChI=1S/C14H10ClN3O4/c1-9-2-4-11(17(19)20)7-13(9)16-8-10-3-5-12(15)14(6-10)18(21)22/h2-8H,1H3. The number of halogens is 1. The first-order chi connectivity index (χ1) is 10.4. The highest BCUT2D eigenvalue weighted by molar-refractivity contribution is 6.32. The Hall–Kier alpha value is -2.80. The molecule has 0 radical (unpaired) electrons. The lowest BCUT2D eigenvalue weighted by Crippen LogP contribution is -1.91. The van der Waals surface area contributed by atoms with Crippen LogP contribution in [-0.2, 0) is 0 Å². The molecule has 0 amide bonds. The molecule has 0 aliphatic rings. The van der Waals surface area contributed by atoms with Crippen molar-refractivity contribution in [1.29, 1.82) is 0 Å². The SMILES string of the molecule is Cc1ccc([N+](=O)[O-])cc1N=Cc1ccc(Cl)c([N+](=O)[O-])c1. The van der Waals surface area contributed by atoms with Crippen LogP contribution in [0.5, 0.6) is 0 Å². The second-order valence-corrected chi connectivity index (χ2v) is 4.86. The summed E-state index contributed by atoms with van der Waals surface area (Å²) in [7, 11) is 0. The maximum Gasteiger partial charge on any atom is 0.288 e. The highest BCUT2D eigenvalue weighted by atomic mass is 35.5. The van der Waals surface area contributed by atoms with Crippen LogP contribution in [0.1, 0.15) is 11.1 Å².